The monoisotopic (exact) mass is 232 g/mol. The smallest absolute Gasteiger partial charge is 0.303 e. The van der Waals surface area contributed by atoms with E-state index in [0.29, 0.717) is 0 Å². The highest BCUT2D eigenvalue weighted by molar-refractivity contribution is 7.10. The quantitative estimate of drug-likeness (QED) is 0.758. The van der Waals surface area contributed by atoms with Gasteiger partial charge >= 0.3 is 5.97 Å². The Balaban J connectivity index is 2.32. The third kappa shape index (κ3) is 2.49. The maximum absolute atomic E-state index is 11.1. The zero-order valence-corrected chi connectivity index (χ0v) is 9.74. The second-order valence-corrected chi connectivity index (χ2v) is 4.39. The number of esters is 1. The number of hydrogen-bond acceptors (Lipinski definition) is 3. The largest absolute Gasteiger partial charge is 0.452 e. The molecule has 3 heteroatoms. The average molecular weight is 232 g/mol. The van der Waals surface area contributed by atoms with E-state index in [9.17, 15) is 4.79 Å². The molecule has 1 aromatic carbocycles. The van der Waals surface area contributed by atoms with Crippen LogP contribution in [0.2, 0.25) is 0 Å². The molecule has 82 valence electrons. The summed E-state index contributed by atoms with van der Waals surface area (Å²) in [5, 5.41) is 1.98. The molecule has 0 bridgehead atoms. The summed E-state index contributed by atoms with van der Waals surface area (Å²) in [5.74, 6) is -0.262. The van der Waals surface area contributed by atoms with Crippen molar-refractivity contribution in [3.63, 3.8) is 0 Å². The Hall–Kier alpha value is -1.61. The van der Waals surface area contributed by atoms with Crippen molar-refractivity contribution in [1.29, 1.82) is 0 Å². The van der Waals surface area contributed by atoms with Crippen molar-refractivity contribution >= 4 is 17.3 Å². The van der Waals surface area contributed by atoms with E-state index in [1.54, 1.807) is 11.3 Å². The summed E-state index contributed by atoms with van der Waals surface area (Å²) >= 11 is 1.59. The van der Waals surface area contributed by atoms with Crippen molar-refractivity contribution < 1.29 is 9.53 Å². The number of benzene rings is 1. The van der Waals surface area contributed by atoms with E-state index in [0.717, 1.165) is 10.4 Å². The molecule has 1 atom stereocenters. The molecule has 2 aromatic rings. The normalized spacial score (nSPS) is 12.1. The van der Waals surface area contributed by atoms with E-state index in [2.05, 4.69) is 0 Å². The van der Waals surface area contributed by atoms with Gasteiger partial charge in [-0.2, -0.15) is 0 Å². The summed E-state index contributed by atoms with van der Waals surface area (Å²) in [6.07, 6.45) is -0.279. The lowest BCUT2D eigenvalue weighted by Gasteiger charge is -2.15. The molecule has 2 rings (SSSR count). The summed E-state index contributed by atoms with van der Waals surface area (Å²) in [4.78, 5) is 12.1. The summed E-state index contributed by atoms with van der Waals surface area (Å²) in [6, 6.07) is 13.7. The third-order valence-electron chi connectivity index (χ3n) is 2.19. The predicted molar refractivity (Wildman–Crippen MR) is 64.4 cm³/mol. The Kier molecular flexibility index (Phi) is 3.37. The van der Waals surface area contributed by atoms with Gasteiger partial charge in [0.2, 0.25) is 0 Å². The molecule has 0 radical (unpaired) electrons. The van der Waals surface area contributed by atoms with E-state index >= 15 is 0 Å². The average Bonchev–Trinajstić information content (AvgIpc) is 2.80. The van der Waals surface area contributed by atoms with Crippen LogP contribution in [0, 0.1) is 0 Å². The highest BCUT2D eigenvalue weighted by Gasteiger charge is 2.17. The van der Waals surface area contributed by atoms with Gasteiger partial charge in [0, 0.05) is 11.8 Å². The van der Waals surface area contributed by atoms with Crippen LogP contribution in [0.25, 0.3) is 0 Å². The molecule has 0 saturated heterocycles. The van der Waals surface area contributed by atoms with E-state index in [-0.39, 0.29) is 12.1 Å². The number of rotatable bonds is 3. The molecule has 0 N–H and O–H groups in total. The van der Waals surface area contributed by atoms with Crippen LogP contribution in [0.1, 0.15) is 23.5 Å². The van der Waals surface area contributed by atoms with E-state index in [4.69, 9.17) is 4.74 Å². The molecule has 0 saturated carbocycles. The predicted octanol–water partition coefficient (Wildman–Crippen LogP) is 3.40. The molecule has 0 aliphatic carbocycles. The van der Waals surface area contributed by atoms with Gasteiger partial charge in [-0.1, -0.05) is 36.4 Å². The molecule has 0 spiro atoms. The van der Waals surface area contributed by atoms with Gasteiger partial charge in [0.05, 0.1) is 0 Å². The first-order valence-corrected chi connectivity index (χ1v) is 5.91. The maximum atomic E-state index is 11.1. The van der Waals surface area contributed by atoms with Gasteiger partial charge in [0.25, 0.3) is 0 Å². The van der Waals surface area contributed by atoms with Crippen LogP contribution >= 0.6 is 11.3 Å². The second-order valence-electron chi connectivity index (χ2n) is 3.42. The Labute approximate surface area is 98.5 Å². The summed E-state index contributed by atoms with van der Waals surface area (Å²) in [7, 11) is 0. The molecule has 1 aromatic heterocycles. The van der Waals surface area contributed by atoms with Gasteiger partial charge in [-0.3, -0.25) is 4.79 Å². The van der Waals surface area contributed by atoms with Crippen molar-refractivity contribution in [1.82, 2.24) is 0 Å². The summed E-state index contributed by atoms with van der Waals surface area (Å²) < 4.78 is 5.35. The van der Waals surface area contributed by atoms with Crippen LogP contribution in [0.15, 0.2) is 47.8 Å². The van der Waals surface area contributed by atoms with Gasteiger partial charge in [0.1, 0.15) is 0 Å². The molecular weight excluding hydrogens is 220 g/mol. The number of carbonyl (C=O) groups excluding carboxylic acids is 1. The molecular formula is C13H12O2S. The van der Waals surface area contributed by atoms with Crippen LogP contribution in [0.5, 0.6) is 0 Å². The maximum Gasteiger partial charge on any atom is 0.303 e. The Morgan fingerprint density at radius 2 is 1.94 bits per heavy atom. The zero-order chi connectivity index (χ0) is 11.4. The first-order chi connectivity index (χ1) is 7.77. The minimum atomic E-state index is -0.279. The van der Waals surface area contributed by atoms with Crippen molar-refractivity contribution in [2.45, 2.75) is 13.0 Å². The van der Waals surface area contributed by atoms with E-state index in [1.807, 2.05) is 47.8 Å². The van der Waals surface area contributed by atoms with Crippen LogP contribution in [0.3, 0.4) is 0 Å². The molecule has 1 unspecified atom stereocenters. The lowest BCUT2D eigenvalue weighted by Crippen LogP contribution is -2.08. The van der Waals surface area contributed by atoms with Crippen LogP contribution in [0.4, 0.5) is 0 Å². The van der Waals surface area contributed by atoms with Crippen LogP contribution in [-0.4, -0.2) is 5.97 Å². The fourth-order valence-corrected chi connectivity index (χ4v) is 2.30. The van der Waals surface area contributed by atoms with Crippen molar-refractivity contribution in [3.05, 3.63) is 58.3 Å². The first-order valence-electron chi connectivity index (χ1n) is 5.03. The molecule has 0 fully saturated rings. The molecule has 1 heterocycles. The van der Waals surface area contributed by atoms with Crippen LogP contribution in [-0.2, 0) is 9.53 Å². The minimum absolute atomic E-state index is 0.262. The van der Waals surface area contributed by atoms with Crippen molar-refractivity contribution in [2.75, 3.05) is 0 Å². The van der Waals surface area contributed by atoms with Gasteiger partial charge in [-0.05, 0) is 17.0 Å². The Bertz CT molecular complexity index is 448. The highest BCUT2D eigenvalue weighted by Crippen LogP contribution is 2.29. The topological polar surface area (TPSA) is 26.3 Å². The number of ether oxygens (including phenoxy) is 1. The second kappa shape index (κ2) is 4.94. The summed E-state index contributed by atoms with van der Waals surface area (Å²) in [6.45, 7) is 1.43. The standard InChI is InChI=1S/C13H12O2S/c1-10(14)15-13(12-8-5-9-16-12)11-6-3-2-4-7-11/h2-9,13H,1H3. The lowest BCUT2D eigenvalue weighted by atomic mass is 10.1. The zero-order valence-electron chi connectivity index (χ0n) is 8.92. The van der Waals surface area contributed by atoms with Gasteiger partial charge < -0.3 is 4.74 Å². The fraction of sp³-hybridized carbons (Fsp3) is 0.154. The molecule has 16 heavy (non-hydrogen) atoms. The first kappa shape index (κ1) is 10.9. The van der Waals surface area contributed by atoms with Crippen molar-refractivity contribution in [3.8, 4) is 0 Å². The summed E-state index contributed by atoms with van der Waals surface area (Å²) in [5.41, 5.74) is 1.00. The SMILES string of the molecule is CC(=O)OC(c1ccccc1)c1cccs1. The minimum Gasteiger partial charge on any atom is -0.452 e. The Morgan fingerprint density at radius 3 is 2.50 bits per heavy atom. The number of carbonyl (C=O) groups is 1. The van der Waals surface area contributed by atoms with E-state index < -0.39 is 0 Å². The van der Waals surface area contributed by atoms with Gasteiger partial charge in [-0.25, -0.2) is 0 Å². The lowest BCUT2D eigenvalue weighted by molar-refractivity contribution is -0.144. The van der Waals surface area contributed by atoms with Gasteiger partial charge in [0.15, 0.2) is 6.10 Å². The van der Waals surface area contributed by atoms with Crippen LogP contribution < -0.4 is 0 Å². The third-order valence-corrected chi connectivity index (χ3v) is 3.10. The molecule has 0 amide bonds. The van der Waals surface area contributed by atoms with Gasteiger partial charge in [-0.15, -0.1) is 11.3 Å². The molecule has 0 aliphatic heterocycles. The number of hydrogen-bond donors (Lipinski definition) is 0. The highest BCUT2D eigenvalue weighted by atomic mass is 32.1. The molecule has 2 nitrogen and oxygen atoms in total. The Morgan fingerprint density at radius 1 is 1.19 bits per heavy atom. The fourth-order valence-electron chi connectivity index (χ4n) is 1.52. The number of thiophene rings is 1. The van der Waals surface area contributed by atoms with E-state index in [1.165, 1.54) is 6.92 Å². The molecule has 0 aliphatic rings. The van der Waals surface area contributed by atoms with Crippen molar-refractivity contribution in [2.24, 2.45) is 0 Å².